The summed E-state index contributed by atoms with van der Waals surface area (Å²) in [5.74, 6) is -2.04. The lowest BCUT2D eigenvalue weighted by Gasteiger charge is -2.04. The van der Waals surface area contributed by atoms with Crippen molar-refractivity contribution < 1.29 is 19.1 Å². The number of hydrogen-bond acceptors (Lipinski definition) is 3. The molecule has 2 N–H and O–H groups in total. The van der Waals surface area contributed by atoms with Gasteiger partial charge in [-0.05, 0) is 30.3 Å². The van der Waals surface area contributed by atoms with E-state index in [4.69, 9.17) is 16.7 Å². The van der Waals surface area contributed by atoms with E-state index in [2.05, 4.69) is 5.32 Å². The molecule has 2 aromatic rings. The highest BCUT2D eigenvalue weighted by Gasteiger charge is 2.09. The van der Waals surface area contributed by atoms with Gasteiger partial charge in [0.1, 0.15) is 5.82 Å². The van der Waals surface area contributed by atoms with Gasteiger partial charge in [0.25, 0.3) is 5.91 Å². The molecule has 0 radical (unpaired) electrons. The van der Waals surface area contributed by atoms with Crippen LogP contribution in [0.1, 0.15) is 15.2 Å². The number of carboxylic acid groups (broad SMARTS) is 1. The molecule has 1 heterocycles. The fourth-order valence-corrected chi connectivity index (χ4v) is 2.54. The molecule has 0 unspecified atom stereocenters. The Morgan fingerprint density at radius 1 is 1.29 bits per heavy atom. The second-order valence-corrected chi connectivity index (χ2v) is 5.40. The molecule has 0 atom stereocenters. The predicted octanol–water partition coefficient (Wildman–Crippen LogP) is 3.89. The summed E-state index contributed by atoms with van der Waals surface area (Å²) in [4.78, 5) is 23.0. The summed E-state index contributed by atoms with van der Waals surface area (Å²) >= 11 is 6.93. The molecule has 2 rings (SSSR count). The van der Waals surface area contributed by atoms with E-state index in [1.165, 1.54) is 23.5 Å². The van der Waals surface area contributed by atoms with E-state index in [9.17, 15) is 14.0 Å². The highest BCUT2D eigenvalue weighted by molar-refractivity contribution is 7.11. The number of carboxylic acids is 1. The van der Waals surface area contributed by atoms with Crippen LogP contribution >= 0.6 is 22.9 Å². The number of hydrogen-bond donors (Lipinski definition) is 2. The Labute approximate surface area is 128 Å². The highest BCUT2D eigenvalue weighted by Crippen LogP contribution is 2.21. The summed E-state index contributed by atoms with van der Waals surface area (Å²) in [5.41, 5.74) is 0.601. The van der Waals surface area contributed by atoms with Gasteiger partial charge >= 0.3 is 5.97 Å². The van der Waals surface area contributed by atoms with Crippen molar-refractivity contribution in [3.8, 4) is 0 Å². The maximum atomic E-state index is 13.2. The molecule has 0 saturated heterocycles. The monoisotopic (exact) mass is 325 g/mol. The Morgan fingerprint density at radius 2 is 2.05 bits per heavy atom. The molecule has 21 heavy (non-hydrogen) atoms. The van der Waals surface area contributed by atoms with Crippen LogP contribution in [0.5, 0.6) is 0 Å². The molecule has 1 aromatic heterocycles. The fourth-order valence-electron chi connectivity index (χ4n) is 1.54. The van der Waals surface area contributed by atoms with Crippen LogP contribution < -0.4 is 5.32 Å². The molecule has 0 aliphatic heterocycles. The number of thiophene rings is 1. The molecule has 1 amide bonds. The molecule has 108 valence electrons. The van der Waals surface area contributed by atoms with Gasteiger partial charge in [-0.2, -0.15) is 0 Å². The normalized spacial score (nSPS) is 10.8. The largest absolute Gasteiger partial charge is 0.478 e. The summed E-state index contributed by atoms with van der Waals surface area (Å²) in [6, 6.07) is 5.26. The standard InChI is InChI=1S/C14H9ClFNO3S/c15-9-4-10(16)6-11(5-9)17-14(20)8-3-12(21-7-8)1-2-13(18)19/h1-7H,(H,17,20)(H,18,19)/b2-1+. The van der Waals surface area contributed by atoms with Crippen LogP contribution in [0.3, 0.4) is 0 Å². The van der Waals surface area contributed by atoms with Gasteiger partial charge in [-0.3, -0.25) is 4.79 Å². The SMILES string of the molecule is O=C(O)/C=C/c1cc(C(=O)Nc2cc(F)cc(Cl)c2)cs1. The summed E-state index contributed by atoms with van der Waals surface area (Å²) in [6.07, 6.45) is 2.38. The zero-order chi connectivity index (χ0) is 15.4. The number of carbonyl (C=O) groups is 2. The van der Waals surface area contributed by atoms with Crippen LogP contribution in [-0.2, 0) is 4.79 Å². The van der Waals surface area contributed by atoms with Crippen molar-refractivity contribution in [3.05, 3.63) is 57.0 Å². The van der Waals surface area contributed by atoms with E-state index in [1.807, 2.05) is 0 Å². The number of rotatable bonds is 4. The van der Waals surface area contributed by atoms with Crippen LogP contribution in [0.15, 0.2) is 35.7 Å². The topological polar surface area (TPSA) is 66.4 Å². The third kappa shape index (κ3) is 4.40. The third-order valence-corrected chi connectivity index (χ3v) is 3.51. The van der Waals surface area contributed by atoms with Crippen LogP contribution in [0, 0.1) is 5.82 Å². The van der Waals surface area contributed by atoms with E-state index >= 15 is 0 Å². The Morgan fingerprint density at radius 3 is 2.71 bits per heavy atom. The average Bonchev–Trinajstić information content (AvgIpc) is 2.83. The maximum Gasteiger partial charge on any atom is 0.328 e. The second kappa shape index (κ2) is 6.51. The molecule has 0 saturated carbocycles. The highest BCUT2D eigenvalue weighted by atomic mass is 35.5. The number of carbonyl (C=O) groups excluding carboxylic acids is 1. The smallest absolute Gasteiger partial charge is 0.328 e. The molecular weight excluding hydrogens is 317 g/mol. The minimum absolute atomic E-state index is 0.181. The zero-order valence-corrected chi connectivity index (χ0v) is 12.0. The molecule has 4 nitrogen and oxygen atoms in total. The number of anilines is 1. The fraction of sp³-hybridized carbons (Fsp3) is 0. The molecule has 0 bridgehead atoms. The molecule has 7 heteroatoms. The van der Waals surface area contributed by atoms with E-state index in [-0.39, 0.29) is 10.7 Å². The number of aliphatic carboxylic acids is 1. The number of amides is 1. The van der Waals surface area contributed by atoms with Crippen molar-refractivity contribution in [2.75, 3.05) is 5.32 Å². The van der Waals surface area contributed by atoms with Gasteiger partial charge in [0.05, 0.1) is 5.56 Å². The van der Waals surface area contributed by atoms with Gasteiger partial charge in [0, 0.05) is 27.0 Å². The lowest BCUT2D eigenvalue weighted by Crippen LogP contribution is -2.10. The van der Waals surface area contributed by atoms with Crippen LogP contribution in [0.2, 0.25) is 5.02 Å². The molecule has 0 spiro atoms. The lowest BCUT2D eigenvalue weighted by atomic mass is 10.2. The quantitative estimate of drug-likeness (QED) is 0.838. The van der Waals surface area contributed by atoms with Crippen molar-refractivity contribution in [2.24, 2.45) is 0 Å². The van der Waals surface area contributed by atoms with Crippen molar-refractivity contribution >= 4 is 46.6 Å². The van der Waals surface area contributed by atoms with Crippen molar-refractivity contribution in [1.82, 2.24) is 0 Å². The zero-order valence-electron chi connectivity index (χ0n) is 10.5. The Kier molecular flexibility index (Phi) is 4.72. The number of benzene rings is 1. The van der Waals surface area contributed by atoms with E-state index in [1.54, 1.807) is 11.4 Å². The molecule has 0 aliphatic carbocycles. The van der Waals surface area contributed by atoms with Gasteiger partial charge in [0.2, 0.25) is 0 Å². The predicted molar refractivity (Wildman–Crippen MR) is 80.4 cm³/mol. The average molecular weight is 326 g/mol. The Bertz CT molecular complexity index is 707. The van der Waals surface area contributed by atoms with Gasteiger partial charge in [-0.15, -0.1) is 11.3 Å². The first kappa shape index (κ1) is 15.2. The van der Waals surface area contributed by atoms with Crippen LogP contribution in [-0.4, -0.2) is 17.0 Å². The third-order valence-electron chi connectivity index (χ3n) is 2.39. The summed E-state index contributed by atoms with van der Waals surface area (Å²) in [6.45, 7) is 0. The van der Waals surface area contributed by atoms with Crippen molar-refractivity contribution in [2.45, 2.75) is 0 Å². The van der Waals surface area contributed by atoms with E-state index in [0.717, 1.165) is 18.2 Å². The first-order valence-corrected chi connectivity index (χ1v) is 6.97. The van der Waals surface area contributed by atoms with Crippen LogP contribution in [0.4, 0.5) is 10.1 Å². The molecule has 1 aromatic carbocycles. The minimum atomic E-state index is -1.07. The van der Waals surface area contributed by atoms with Crippen molar-refractivity contribution in [3.63, 3.8) is 0 Å². The summed E-state index contributed by atoms with van der Waals surface area (Å²) in [5, 5.41) is 12.8. The second-order valence-electron chi connectivity index (χ2n) is 4.02. The van der Waals surface area contributed by atoms with Gasteiger partial charge in [-0.1, -0.05) is 11.6 Å². The Hall–Kier alpha value is -2.18. The first-order chi connectivity index (χ1) is 9.94. The van der Waals surface area contributed by atoms with Gasteiger partial charge < -0.3 is 10.4 Å². The maximum absolute atomic E-state index is 13.2. The van der Waals surface area contributed by atoms with Gasteiger partial charge in [0.15, 0.2) is 0 Å². The summed E-state index contributed by atoms with van der Waals surface area (Å²) in [7, 11) is 0. The molecule has 0 fully saturated rings. The summed E-state index contributed by atoms with van der Waals surface area (Å²) < 4.78 is 13.2. The van der Waals surface area contributed by atoms with E-state index in [0.29, 0.717) is 10.4 Å². The molecule has 0 aliphatic rings. The van der Waals surface area contributed by atoms with E-state index < -0.39 is 17.7 Å². The van der Waals surface area contributed by atoms with Gasteiger partial charge in [-0.25, -0.2) is 9.18 Å². The first-order valence-electron chi connectivity index (χ1n) is 5.71. The Balaban J connectivity index is 2.11. The minimum Gasteiger partial charge on any atom is -0.478 e. The molecular formula is C14H9ClFNO3S. The van der Waals surface area contributed by atoms with Crippen LogP contribution in [0.25, 0.3) is 6.08 Å². The van der Waals surface area contributed by atoms with Crippen molar-refractivity contribution in [1.29, 1.82) is 0 Å². The number of halogens is 2. The number of nitrogens with one attached hydrogen (secondary N) is 1. The lowest BCUT2D eigenvalue weighted by molar-refractivity contribution is -0.131.